The van der Waals surface area contributed by atoms with Crippen molar-refractivity contribution in [1.82, 2.24) is 0 Å². The number of amides is 1. The van der Waals surface area contributed by atoms with Gasteiger partial charge in [-0.3, -0.25) is 4.79 Å². The van der Waals surface area contributed by atoms with E-state index in [1.54, 1.807) is 12.1 Å². The third kappa shape index (κ3) is 6.46. The van der Waals surface area contributed by atoms with E-state index in [-0.39, 0.29) is 18.4 Å². The smallest absolute Gasteiger partial charge is 0.231 e. The number of fused-ring (bicyclic) bond motifs is 1. The third-order valence-corrected chi connectivity index (χ3v) is 7.00. The van der Waals surface area contributed by atoms with Crippen LogP contribution in [0.1, 0.15) is 23.1 Å². The predicted octanol–water partition coefficient (Wildman–Crippen LogP) is 6.51. The van der Waals surface area contributed by atoms with Crippen LogP contribution in [0.5, 0.6) is 11.5 Å². The van der Waals surface area contributed by atoms with Crippen molar-refractivity contribution >= 4 is 46.4 Å². The van der Waals surface area contributed by atoms with Crippen molar-refractivity contribution in [1.29, 1.82) is 0 Å². The number of nitrogens with zero attached hydrogens (tertiary/aromatic N) is 1. The number of aryl methyl sites for hydroxylation is 2. The van der Waals surface area contributed by atoms with Crippen LogP contribution in [0.25, 0.3) is 0 Å². The van der Waals surface area contributed by atoms with Gasteiger partial charge in [0.1, 0.15) is 19.0 Å². The normalized spacial score (nSPS) is 13.8. The molecule has 0 aromatic heterocycles. The summed E-state index contributed by atoms with van der Waals surface area (Å²) in [6.07, 6.45) is 2.39. The second-order valence-corrected chi connectivity index (χ2v) is 10.2. The SMILES string of the molecule is Cc1cc(Cl)c(OCCOc2ccc(CC(CN)C(=O)N3CCCc4cc(Cl)ccc43)cc2)c(Cl)c1. The molecule has 1 aliphatic heterocycles. The van der Waals surface area contributed by atoms with Crippen LogP contribution >= 0.6 is 34.8 Å². The molecule has 190 valence electrons. The highest BCUT2D eigenvalue weighted by molar-refractivity contribution is 6.37. The molecule has 3 aromatic rings. The van der Waals surface area contributed by atoms with Gasteiger partial charge in [0, 0.05) is 23.8 Å². The zero-order chi connectivity index (χ0) is 25.7. The number of halogens is 3. The number of nitrogens with two attached hydrogens (primary N) is 1. The molecule has 1 heterocycles. The molecule has 0 fully saturated rings. The van der Waals surface area contributed by atoms with Crippen LogP contribution < -0.4 is 20.1 Å². The minimum absolute atomic E-state index is 0.0478. The molecule has 0 spiro atoms. The first-order chi connectivity index (χ1) is 17.4. The summed E-state index contributed by atoms with van der Waals surface area (Å²) < 4.78 is 11.5. The largest absolute Gasteiger partial charge is 0.490 e. The minimum atomic E-state index is -0.309. The standard InChI is InChI=1S/C28H29Cl3N2O3/c1-18-13-24(30)27(25(31)14-18)36-12-11-35-23-7-4-19(5-8-23)15-21(17-32)28(34)33-10-2-3-20-16-22(29)6-9-26(20)33/h4-9,13-14,16,21H,2-3,10-12,15,17,32H2,1H3. The van der Waals surface area contributed by atoms with E-state index in [4.69, 9.17) is 50.0 Å². The van der Waals surface area contributed by atoms with E-state index in [1.807, 2.05) is 54.3 Å². The fraction of sp³-hybridized carbons (Fsp3) is 0.321. The van der Waals surface area contributed by atoms with Crippen molar-refractivity contribution < 1.29 is 14.3 Å². The second-order valence-electron chi connectivity index (χ2n) is 8.90. The molecular formula is C28H29Cl3N2O3. The van der Waals surface area contributed by atoms with Crippen LogP contribution in [0.3, 0.4) is 0 Å². The Kier molecular flexibility index (Phi) is 9.02. The highest BCUT2D eigenvalue weighted by Gasteiger charge is 2.28. The maximum Gasteiger partial charge on any atom is 0.231 e. The van der Waals surface area contributed by atoms with Crippen LogP contribution in [0, 0.1) is 12.8 Å². The minimum Gasteiger partial charge on any atom is -0.490 e. The third-order valence-electron chi connectivity index (χ3n) is 6.21. The average molecular weight is 548 g/mol. The molecule has 8 heteroatoms. The Bertz CT molecular complexity index is 1190. The number of rotatable bonds is 9. The first kappa shape index (κ1) is 26.6. The zero-order valence-electron chi connectivity index (χ0n) is 20.1. The maximum absolute atomic E-state index is 13.4. The van der Waals surface area contributed by atoms with Gasteiger partial charge in [-0.15, -0.1) is 0 Å². The van der Waals surface area contributed by atoms with Gasteiger partial charge >= 0.3 is 0 Å². The number of hydrogen-bond donors (Lipinski definition) is 1. The number of anilines is 1. The molecule has 1 amide bonds. The van der Waals surface area contributed by atoms with Crippen LogP contribution in [0.2, 0.25) is 15.1 Å². The van der Waals surface area contributed by atoms with Crippen molar-refractivity contribution in [3.05, 3.63) is 86.4 Å². The molecule has 3 aromatic carbocycles. The molecule has 1 unspecified atom stereocenters. The molecule has 0 saturated carbocycles. The molecule has 1 atom stereocenters. The molecule has 4 rings (SSSR count). The van der Waals surface area contributed by atoms with Gasteiger partial charge in [0.05, 0.1) is 16.0 Å². The number of carbonyl (C=O) groups excluding carboxylic acids is 1. The van der Waals surface area contributed by atoms with E-state index < -0.39 is 0 Å². The lowest BCUT2D eigenvalue weighted by Crippen LogP contribution is -2.42. The van der Waals surface area contributed by atoms with Gasteiger partial charge in [-0.05, 0) is 85.3 Å². The monoisotopic (exact) mass is 546 g/mol. The second kappa shape index (κ2) is 12.2. The lowest BCUT2D eigenvalue weighted by atomic mass is 9.95. The number of carbonyl (C=O) groups is 1. The Morgan fingerprint density at radius 1 is 1.00 bits per heavy atom. The molecular weight excluding hydrogens is 519 g/mol. The van der Waals surface area contributed by atoms with Gasteiger partial charge in [-0.1, -0.05) is 46.9 Å². The zero-order valence-corrected chi connectivity index (χ0v) is 22.4. The van der Waals surface area contributed by atoms with Crippen molar-refractivity contribution in [3.63, 3.8) is 0 Å². The Hall–Kier alpha value is -2.44. The summed E-state index contributed by atoms with van der Waals surface area (Å²) >= 11 is 18.6. The van der Waals surface area contributed by atoms with E-state index in [2.05, 4.69) is 0 Å². The number of hydrogen-bond acceptors (Lipinski definition) is 4. The van der Waals surface area contributed by atoms with Gasteiger partial charge in [0.15, 0.2) is 5.75 Å². The number of ether oxygens (including phenoxy) is 2. The fourth-order valence-electron chi connectivity index (χ4n) is 4.42. The van der Waals surface area contributed by atoms with Gasteiger partial charge in [0.25, 0.3) is 0 Å². The molecule has 0 aliphatic carbocycles. The summed E-state index contributed by atoms with van der Waals surface area (Å²) in [7, 11) is 0. The van der Waals surface area contributed by atoms with Gasteiger partial charge in [-0.2, -0.15) is 0 Å². The lowest BCUT2D eigenvalue weighted by Gasteiger charge is -2.32. The quantitative estimate of drug-likeness (QED) is 0.310. The topological polar surface area (TPSA) is 64.8 Å². The maximum atomic E-state index is 13.4. The fourth-order valence-corrected chi connectivity index (χ4v) is 5.32. The first-order valence-electron chi connectivity index (χ1n) is 12.0. The Labute approximate surface area is 227 Å². The summed E-state index contributed by atoms with van der Waals surface area (Å²) in [6, 6.07) is 17.0. The van der Waals surface area contributed by atoms with Crippen molar-refractivity contribution in [3.8, 4) is 11.5 Å². The Morgan fingerprint density at radius 3 is 2.39 bits per heavy atom. The van der Waals surface area contributed by atoms with Crippen LogP contribution in [0.15, 0.2) is 54.6 Å². The Balaban J connectivity index is 1.31. The van der Waals surface area contributed by atoms with E-state index >= 15 is 0 Å². The molecule has 1 aliphatic rings. The van der Waals surface area contributed by atoms with E-state index in [9.17, 15) is 4.79 Å². The Morgan fingerprint density at radius 2 is 1.69 bits per heavy atom. The highest BCUT2D eigenvalue weighted by atomic mass is 35.5. The van der Waals surface area contributed by atoms with E-state index in [0.717, 1.165) is 35.2 Å². The van der Waals surface area contributed by atoms with Gasteiger partial charge in [0.2, 0.25) is 5.91 Å². The molecule has 0 radical (unpaired) electrons. The summed E-state index contributed by atoms with van der Waals surface area (Å²) in [5.41, 5.74) is 10.1. The van der Waals surface area contributed by atoms with Crippen LogP contribution in [0.4, 0.5) is 5.69 Å². The number of benzene rings is 3. The van der Waals surface area contributed by atoms with Crippen LogP contribution in [-0.4, -0.2) is 32.2 Å². The van der Waals surface area contributed by atoms with E-state index in [1.165, 1.54) is 0 Å². The molecule has 36 heavy (non-hydrogen) atoms. The lowest BCUT2D eigenvalue weighted by molar-refractivity contribution is -0.122. The van der Waals surface area contributed by atoms with Crippen molar-refractivity contribution in [2.75, 3.05) is 31.2 Å². The predicted molar refractivity (Wildman–Crippen MR) is 147 cm³/mol. The molecule has 2 N–H and O–H groups in total. The first-order valence-corrected chi connectivity index (χ1v) is 13.1. The van der Waals surface area contributed by atoms with Gasteiger partial charge < -0.3 is 20.1 Å². The summed E-state index contributed by atoms with van der Waals surface area (Å²) in [5.74, 6) is 0.906. The summed E-state index contributed by atoms with van der Waals surface area (Å²) in [4.78, 5) is 15.2. The van der Waals surface area contributed by atoms with E-state index in [0.29, 0.717) is 52.7 Å². The highest BCUT2D eigenvalue weighted by Crippen LogP contribution is 2.34. The van der Waals surface area contributed by atoms with Gasteiger partial charge in [-0.25, -0.2) is 0 Å². The van der Waals surface area contributed by atoms with Crippen molar-refractivity contribution in [2.45, 2.75) is 26.2 Å². The van der Waals surface area contributed by atoms with Crippen LogP contribution in [-0.2, 0) is 17.6 Å². The molecule has 5 nitrogen and oxygen atoms in total. The summed E-state index contributed by atoms with van der Waals surface area (Å²) in [5, 5.41) is 1.64. The molecule has 0 bridgehead atoms. The summed E-state index contributed by atoms with van der Waals surface area (Å²) in [6.45, 7) is 3.53. The van der Waals surface area contributed by atoms with Crippen molar-refractivity contribution in [2.24, 2.45) is 11.7 Å². The molecule has 0 saturated heterocycles. The average Bonchev–Trinajstić information content (AvgIpc) is 2.86.